The maximum atomic E-state index is 5.66. The molecule has 118 valence electrons. The van der Waals surface area contributed by atoms with Gasteiger partial charge in [0.2, 0.25) is 0 Å². The van der Waals surface area contributed by atoms with Crippen molar-refractivity contribution in [3.63, 3.8) is 0 Å². The van der Waals surface area contributed by atoms with E-state index in [1.807, 2.05) is 42.5 Å². The summed E-state index contributed by atoms with van der Waals surface area (Å²) in [6.07, 6.45) is 2.04. The Morgan fingerprint density at radius 2 is 1.23 bits per heavy atom. The van der Waals surface area contributed by atoms with Crippen LogP contribution in [0.5, 0.6) is 5.75 Å². The molecule has 2 aromatic carbocycles. The lowest BCUT2D eigenvalue weighted by Crippen LogP contribution is -2.00. The van der Waals surface area contributed by atoms with Crippen LogP contribution in [0, 0.1) is 0 Å². The van der Waals surface area contributed by atoms with Crippen molar-refractivity contribution in [3.05, 3.63) is 65.7 Å². The van der Waals surface area contributed by atoms with Crippen molar-refractivity contribution in [1.82, 2.24) is 0 Å². The van der Waals surface area contributed by atoms with Gasteiger partial charge >= 0.3 is 0 Å². The average molecular weight is 300 g/mol. The van der Waals surface area contributed by atoms with Gasteiger partial charge in [0.15, 0.2) is 0 Å². The predicted octanol–water partition coefficient (Wildman–Crippen LogP) is 4.21. The zero-order valence-electron chi connectivity index (χ0n) is 13.2. The highest BCUT2D eigenvalue weighted by Crippen LogP contribution is 2.12. The summed E-state index contributed by atoms with van der Waals surface area (Å²) in [6.45, 7) is 2.88. The van der Waals surface area contributed by atoms with E-state index in [9.17, 15) is 0 Å². The van der Waals surface area contributed by atoms with Gasteiger partial charge in [-0.05, 0) is 36.1 Å². The molecule has 0 aliphatic rings. The maximum Gasteiger partial charge on any atom is 0.118 e. The Balaban J connectivity index is 1.47. The number of unbranched alkanes of at least 4 members (excludes halogenated alkanes) is 1. The molecule has 0 saturated heterocycles. The summed E-state index contributed by atoms with van der Waals surface area (Å²) in [5.74, 6) is 0.874. The monoisotopic (exact) mass is 300 g/mol. The lowest BCUT2D eigenvalue weighted by Gasteiger charge is -2.06. The Kier molecular flexibility index (Phi) is 7.50. The van der Waals surface area contributed by atoms with E-state index in [0.29, 0.717) is 13.2 Å². The second-order valence-corrected chi connectivity index (χ2v) is 5.15. The SMILES string of the molecule is COc1ccc(COCCCCOCc2ccccc2)cc1. The lowest BCUT2D eigenvalue weighted by molar-refractivity contribution is 0.0898. The van der Waals surface area contributed by atoms with Crippen LogP contribution in [0.15, 0.2) is 54.6 Å². The quantitative estimate of drug-likeness (QED) is 0.615. The highest BCUT2D eigenvalue weighted by atomic mass is 16.5. The topological polar surface area (TPSA) is 27.7 Å². The van der Waals surface area contributed by atoms with Crippen LogP contribution in [-0.2, 0) is 22.7 Å². The zero-order chi connectivity index (χ0) is 15.5. The van der Waals surface area contributed by atoms with Gasteiger partial charge in [0.05, 0.1) is 20.3 Å². The molecule has 0 aromatic heterocycles. The third kappa shape index (κ3) is 6.29. The van der Waals surface area contributed by atoms with Crippen molar-refractivity contribution in [2.75, 3.05) is 20.3 Å². The van der Waals surface area contributed by atoms with Crippen LogP contribution >= 0.6 is 0 Å². The van der Waals surface area contributed by atoms with Crippen LogP contribution < -0.4 is 4.74 Å². The minimum atomic E-state index is 0.648. The molecular formula is C19H24O3. The van der Waals surface area contributed by atoms with E-state index in [1.165, 1.54) is 11.1 Å². The number of benzene rings is 2. The van der Waals surface area contributed by atoms with Gasteiger partial charge in [-0.3, -0.25) is 0 Å². The van der Waals surface area contributed by atoms with E-state index >= 15 is 0 Å². The minimum absolute atomic E-state index is 0.648. The van der Waals surface area contributed by atoms with Gasteiger partial charge in [-0.2, -0.15) is 0 Å². The van der Waals surface area contributed by atoms with E-state index in [0.717, 1.165) is 31.8 Å². The third-order valence-corrected chi connectivity index (χ3v) is 3.37. The molecule has 2 rings (SSSR count). The first-order valence-electron chi connectivity index (χ1n) is 7.71. The first kappa shape index (κ1) is 16.5. The van der Waals surface area contributed by atoms with Gasteiger partial charge in [0.25, 0.3) is 0 Å². The van der Waals surface area contributed by atoms with Crippen LogP contribution in [0.4, 0.5) is 0 Å². The van der Waals surface area contributed by atoms with Crippen molar-refractivity contribution >= 4 is 0 Å². The molecule has 0 fully saturated rings. The van der Waals surface area contributed by atoms with Crippen LogP contribution in [0.2, 0.25) is 0 Å². The van der Waals surface area contributed by atoms with Gasteiger partial charge in [-0.1, -0.05) is 42.5 Å². The highest BCUT2D eigenvalue weighted by Gasteiger charge is 1.96. The van der Waals surface area contributed by atoms with Crippen LogP contribution in [-0.4, -0.2) is 20.3 Å². The molecule has 22 heavy (non-hydrogen) atoms. The Labute approximate surface area is 132 Å². The molecule has 0 aliphatic heterocycles. The molecule has 0 atom stereocenters. The molecule has 0 bridgehead atoms. The van der Waals surface area contributed by atoms with Gasteiger partial charge in [0, 0.05) is 13.2 Å². The summed E-state index contributed by atoms with van der Waals surface area (Å²) >= 11 is 0. The molecule has 3 nitrogen and oxygen atoms in total. The number of hydrogen-bond donors (Lipinski definition) is 0. The van der Waals surface area contributed by atoms with Gasteiger partial charge in [-0.25, -0.2) is 0 Å². The van der Waals surface area contributed by atoms with Crippen molar-refractivity contribution in [1.29, 1.82) is 0 Å². The molecule has 0 unspecified atom stereocenters. The van der Waals surface area contributed by atoms with Crippen molar-refractivity contribution in [3.8, 4) is 5.75 Å². The normalized spacial score (nSPS) is 10.6. The van der Waals surface area contributed by atoms with Crippen LogP contribution in [0.1, 0.15) is 24.0 Å². The molecular weight excluding hydrogens is 276 g/mol. The van der Waals surface area contributed by atoms with Crippen LogP contribution in [0.3, 0.4) is 0 Å². The van der Waals surface area contributed by atoms with E-state index in [1.54, 1.807) is 7.11 Å². The molecule has 0 heterocycles. The number of methoxy groups -OCH3 is 1. The summed E-state index contributed by atoms with van der Waals surface area (Å²) in [5, 5.41) is 0. The first-order chi connectivity index (χ1) is 10.9. The van der Waals surface area contributed by atoms with Gasteiger partial charge in [-0.15, -0.1) is 0 Å². The molecule has 2 aromatic rings. The molecule has 0 aliphatic carbocycles. The maximum absolute atomic E-state index is 5.66. The highest BCUT2D eigenvalue weighted by molar-refractivity contribution is 5.26. The Morgan fingerprint density at radius 3 is 1.77 bits per heavy atom. The summed E-state index contributed by atoms with van der Waals surface area (Å²) in [6, 6.07) is 18.2. The average Bonchev–Trinajstić information content (AvgIpc) is 2.59. The third-order valence-electron chi connectivity index (χ3n) is 3.37. The van der Waals surface area contributed by atoms with E-state index < -0.39 is 0 Å². The van der Waals surface area contributed by atoms with Crippen molar-refractivity contribution in [2.45, 2.75) is 26.1 Å². The van der Waals surface area contributed by atoms with E-state index in [2.05, 4.69) is 12.1 Å². The summed E-state index contributed by atoms with van der Waals surface area (Å²) in [5.41, 5.74) is 2.39. The Morgan fingerprint density at radius 1 is 0.682 bits per heavy atom. The number of hydrogen-bond acceptors (Lipinski definition) is 3. The zero-order valence-corrected chi connectivity index (χ0v) is 13.2. The fraction of sp³-hybridized carbons (Fsp3) is 0.368. The molecule has 0 spiro atoms. The Bertz CT molecular complexity index is 508. The van der Waals surface area contributed by atoms with Crippen molar-refractivity contribution < 1.29 is 14.2 Å². The first-order valence-corrected chi connectivity index (χ1v) is 7.71. The molecule has 0 saturated carbocycles. The number of ether oxygens (including phenoxy) is 3. The van der Waals surface area contributed by atoms with E-state index in [4.69, 9.17) is 14.2 Å². The fourth-order valence-corrected chi connectivity index (χ4v) is 2.08. The molecule has 0 amide bonds. The second-order valence-electron chi connectivity index (χ2n) is 5.15. The van der Waals surface area contributed by atoms with Crippen molar-refractivity contribution in [2.24, 2.45) is 0 Å². The standard InChI is InChI=1S/C19H24O3/c1-20-19-11-9-18(10-12-19)16-22-14-6-5-13-21-15-17-7-3-2-4-8-17/h2-4,7-12H,5-6,13-16H2,1H3. The fourth-order valence-electron chi connectivity index (χ4n) is 2.08. The molecule has 0 N–H and O–H groups in total. The minimum Gasteiger partial charge on any atom is -0.497 e. The second kappa shape index (κ2) is 9.98. The largest absolute Gasteiger partial charge is 0.497 e. The molecule has 0 radical (unpaired) electrons. The number of rotatable bonds is 10. The molecule has 3 heteroatoms. The summed E-state index contributed by atoms with van der Waals surface area (Å²) < 4.78 is 16.4. The van der Waals surface area contributed by atoms with Gasteiger partial charge in [0.1, 0.15) is 5.75 Å². The van der Waals surface area contributed by atoms with Crippen LogP contribution in [0.25, 0.3) is 0 Å². The summed E-state index contributed by atoms with van der Waals surface area (Å²) in [4.78, 5) is 0. The Hall–Kier alpha value is -1.84. The van der Waals surface area contributed by atoms with Gasteiger partial charge < -0.3 is 14.2 Å². The smallest absolute Gasteiger partial charge is 0.118 e. The van der Waals surface area contributed by atoms with E-state index in [-0.39, 0.29) is 0 Å². The predicted molar refractivity (Wildman–Crippen MR) is 88.0 cm³/mol. The lowest BCUT2D eigenvalue weighted by atomic mass is 10.2. The summed E-state index contributed by atoms with van der Waals surface area (Å²) in [7, 11) is 1.67.